The lowest BCUT2D eigenvalue weighted by Gasteiger charge is -2.01. The summed E-state index contributed by atoms with van der Waals surface area (Å²) in [6, 6.07) is 9.66. The van der Waals surface area contributed by atoms with E-state index in [1.54, 1.807) is 6.08 Å². The van der Waals surface area contributed by atoms with E-state index >= 15 is 0 Å². The van der Waals surface area contributed by atoms with Gasteiger partial charge < -0.3 is 5.32 Å². The number of unbranched alkanes of at least 4 members (excludes halogenated alkanes) is 2. The predicted octanol–water partition coefficient (Wildman–Crippen LogP) is 3.14. The van der Waals surface area contributed by atoms with Crippen LogP contribution in [0.3, 0.4) is 0 Å². The van der Waals surface area contributed by atoms with E-state index in [0.717, 1.165) is 24.8 Å². The molecule has 0 fully saturated rings. The summed E-state index contributed by atoms with van der Waals surface area (Å²) in [7, 11) is 0. The van der Waals surface area contributed by atoms with Crippen molar-refractivity contribution in [3.05, 3.63) is 42.0 Å². The number of rotatable bonds is 8. The van der Waals surface area contributed by atoms with Crippen LogP contribution in [0.5, 0.6) is 0 Å². The van der Waals surface area contributed by atoms with Crippen LogP contribution in [0.1, 0.15) is 31.2 Å². The molecular formula is C15H18ClNO2. The Morgan fingerprint density at radius 3 is 2.53 bits per heavy atom. The van der Waals surface area contributed by atoms with E-state index in [1.165, 1.54) is 6.08 Å². The highest BCUT2D eigenvalue weighted by Gasteiger charge is 1.97. The summed E-state index contributed by atoms with van der Waals surface area (Å²) in [6.45, 7) is 0.619. The predicted molar refractivity (Wildman–Crippen MR) is 77.8 cm³/mol. The maximum Gasteiger partial charge on any atom is 0.243 e. The third kappa shape index (κ3) is 8.16. The lowest BCUT2D eigenvalue weighted by Crippen LogP contribution is -2.21. The summed E-state index contributed by atoms with van der Waals surface area (Å²) in [5.41, 5.74) is 0.998. The molecule has 102 valence electrons. The largest absolute Gasteiger partial charge is 0.353 e. The second-order valence-corrected chi connectivity index (χ2v) is 4.62. The van der Waals surface area contributed by atoms with Crippen molar-refractivity contribution in [2.75, 3.05) is 6.54 Å². The van der Waals surface area contributed by atoms with Crippen LogP contribution in [-0.2, 0) is 9.59 Å². The second kappa shape index (κ2) is 9.34. The molecule has 1 N–H and O–H groups in total. The number of carbonyl (C=O) groups is 2. The zero-order valence-electron chi connectivity index (χ0n) is 10.8. The zero-order chi connectivity index (χ0) is 13.9. The molecule has 0 aliphatic rings. The van der Waals surface area contributed by atoms with Crippen molar-refractivity contribution >= 4 is 28.8 Å². The van der Waals surface area contributed by atoms with Gasteiger partial charge in [0.25, 0.3) is 0 Å². The number of amides is 1. The molecule has 1 aromatic carbocycles. The van der Waals surface area contributed by atoms with Gasteiger partial charge in [-0.15, -0.1) is 0 Å². The van der Waals surface area contributed by atoms with Gasteiger partial charge in [0.2, 0.25) is 11.1 Å². The molecule has 0 saturated carbocycles. The van der Waals surface area contributed by atoms with Gasteiger partial charge in [0.1, 0.15) is 0 Å². The first-order chi connectivity index (χ1) is 9.18. The fourth-order valence-corrected chi connectivity index (χ4v) is 1.71. The topological polar surface area (TPSA) is 46.2 Å². The Bertz CT molecular complexity index is 429. The second-order valence-electron chi connectivity index (χ2n) is 4.20. The number of carbonyl (C=O) groups excluding carboxylic acids is 2. The Kier molecular flexibility index (Phi) is 7.59. The molecule has 0 aromatic heterocycles. The van der Waals surface area contributed by atoms with E-state index in [1.807, 2.05) is 30.3 Å². The molecule has 0 aliphatic carbocycles. The Hall–Kier alpha value is -1.61. The van der Waals surface area contributed by atoms with Crippen LogP contribution < -0.4 is 5.32 Å². The maximum absolute atomic E-state index is 11.5. The van der Waals surface area contributed by atoms with E-state index in [2.05, 4.69) is 5.32 Å². The van der Waals surface area contributed by atoms with Gasteiger partial charge in [0, 0.05) is 19.0 Å². The molecule has 4 heteroatoms. The van der Waals surface area contributed by atoms with E-state index in [0.29, 0.717) is 13.0 Å². The van der Waals surface area contributed by atoms with Gasteiger partial charge in [-0.25, -0.2) is 0 Å². The molecule has 3 nitrogen and oxygen atoms in total. The van der Waals surface area contributed by atoms with E-state index in [-0.39, 0.29) is 11.1 Å². The lowest BCUT2D eigenvalue weighted by atomic mass is 10.2. The molecule has 1 rings (SSSR count). The van der Waals surface area contributed by atoms with Gasteiger partial charge in [-0.2, -0.15) is 0 Å². The molecule has 19 heavy (non-hydrogen) atoms. The van der Waals surface area contributed by atoms with Gasteiger partial charge in [-0.1, -0.05) is 36.8 Å². The van der Waals surface area contributed by atoms with Crippen molar-refractivity contribution in [1.29, 1.82) is 0 Å². The summed E-state index contributed by atoms with van der Waals surface area (Å²) in [5, 5.41) is 2.50. The van der Waals surface area contributed by atoms with Crippen LogP contribution in [0, 0.1) is 0 Å². The van der Waals surface area contributed by atoms with Gasteiger partial charge in [-0.3, -0.25) is 9.59 Å². The first kappa shape index (κ1) is 15.4. The van der Waals surface area contributed by atoms with Crippen molar-refractivity contribution in [3.63, 3.8) is 0 Å². The average Bonchev–Trinajstić information content (AvgIpc) is 2.41. The monoisotopic (exact) mass is 279 g/mol. The van der Waals surface area contributed by atoms with Gasteiger partial charge >= 0.3 is 0 Å². The molecule has 0 bridgehead atoms. The minimum atomic E-state index is -0.296. The summed E-state index contributed by atoms with van der Waals surface area (Å²) in [4.78, 5) is 22.0. The first-order valence-corrected chi connectivity index (χ1v) is 6.75. The highest BCUT2D eigenvalue weighted by molar-refractivity contribution is 6.63. The number of halogens is 1. The maximum atomic E-state index is 11.5. The normalized spacial score (nSPS) is 10.6. The third-order valence-electron chi connectivity index (χ3n) is 2.58. The molecule has 1 amide bonds. The van der Waals surface area contributed by atoms with Crippen LogP contribution in [-0.4, -0.2) is 17.7 Å². The lowest BCUT2D eigenvalue weighted by molar-refractivity contribution is -0.116. The summed E-state index contributed by atoms with van der Waals surface area (Å²) >= 11 is 5.22. The summed E-state index contributed by atoms with van der Waals surface area (Å²) in [6.07, 6.45) is 6.23. The quantitative estimate of drug-likeness (QED) is 0.451. The van der Waals surface area contributed by atoms with Crippen LogP contribution >= 0.6 is 11.6 Å². The summed E-state index contributed by atoms with van der Waals surface area (Å²) < 4.78 is 0. The molecule has 0 saturated heterocycles. The molecule has 0 radical (unpaired) electrons. The fourth-order valence-electron chi connectivity index (χ4n) is 1.57. The standard InChI is InChI=1S/C15H18ClNO2/c16-14(18)9-5-2-6-12-17-15(19)11-10-13-7-3-1-4-8-13/h1,3-4,7-8,10-11H,2,5-6,9,12H2,(H,17,19)/b11-10+. The highest BCUT2D eigenvalue weighted by Crippen LogP contribution is 2.02. The van der Waals surface area contributed by atoms with Crippen LogP contribution in [0.4, 0.5) is 0 Å². The Labute approximate surface area is 118 Å². The Morgan fingerprint density at radius 1 is 1.11 bits per heavy atom. The smallest absolute Gasteiger partial charge is 0.243 e. The Balaban J connectivity index is 2.11. The van der Waals surface area contributed by atoms with Crippen LogP contribution in [0.15, 0.2) is 36.4 Å². The third-order valence-corrected chi connectivity index (χ3v) is 2.77. The van der Waals surface area contributed by atoms with Crippen LogP contribution in [0.2, 0.25) is 0 Å². The van der Waals surface area contributed by atoms with Crippen molar-refractivity contribution in [2.45, 2.75) is 25.7 Å². The van der Waals surface area contributed by atoms with E-state index < -0.39 is 0 Å². The van der Waals surface area contributed by atoms with Crippen molar-refractivity contribution in [2.24, 2.45) is 0 Å². The average molecular weight is 280 g/mol. The minimum Gasteiger partial charge on any atom is -0.353 e. The Morgan fingerprint density at radius 2 is 1.84 bits per heavy atom. The molecule has 1 aromatic rings. The summed E-state index contributed by atoms with van der Waals surface area (Å²) in [5.74, 6) is -0.0997. The minimum absolute atomic E-state index is 0.0997. The van der Waals surface area contributed by atoms with E-state index in [4.69, 9.17) is 11.6 Å². The van der Waals surface area contributed by atoms with Crippen LogP contribution in [0.25, 0.3) is 6.08 Å². The number of hydrogen-bond acceptors (Lipinski definition) is 2. The number of nitrogens with one attached hydrogen (secondary N) is 1. The number of benzene rings is 1. The highest BCUT2D eigenvalue weighted by atomic mass is 35.5. The van der Waals surface area contributed by atoms with Crippen molar-refractivity contribution in [1.82, 2.24) is 5.32 Å². The molecule has 0 heterocycles. The fraction of sp³-hybridized carbons (Fsp3) is 0.333. The van der Waals surface area contributed by atoms with E-state index in [9.17, 15) is 9.59 Å². The van der Waals surface area contributed by atoms with Gasteiger partial charge in [0.05, 0.1) is 0 Å². The molecule has 0 spiro atoms. The molecule has 0 atom stereocenters. The molecule has 0 unspecified atom stereocenters. The van der Waals surface area contributed by atoms with Crippen molar-refractivity contribution < 1.29 is 9.59 Å². The van der Waals surface area contributed by atoms with Crippen molar-refractivity contribution in [3.8, 4) is 0 Å². The molecular weight excluding hydrogens is 262 g/mol. The van der Waals surface area contributed by atoms with Gasteiger partial charge in [0.15, 0.2) is 0 Å². The molecule has 0 aliphatic heterocycles. The first-order valence-electron chi connectivity index (χ1n) is 6.38. The number of hydrogen-bond donors (Lipinski definition) is 1. The SMILES string of the molecule is O=C(Cl)CCCCCNC(=O)/C=C/c1ccccc1. The zero-order valence-corrected chi connectivity index (χ0v) is 11.5. The van der Waals surface area contributed by atoms with Gasteiger partial charge in [-0.05, 0) is 36.1 Å².